The summed E-state index contributed by atoms with van der Waals surface area (Å²) in [7, 11) is 1.65. The van der Waals surface area contributed by atoms with Crippen molar-refractivity contribution >= 4 is 11.3 Å². The summed E-state index contributed by atoms with van der Waals surface area (Å²) in [5.74, 6) is 2.16. The van der Waals surface area contributed by atoms with Crippen LogP contribution in [0.2, 0.25) is 0 Å². The van der Waals surface area contributed by atoms with Gasteiger partial charge in [0, 0.05) is 36.8 Å². The molecule has 0 amide bonds. The van der Waals surface area contributed by atoms with E-state index in [0.29, 0.717) is 49.2 Å². The van der Waals surface area contributed by atoms with Crippen molar-refractivity contribution in [2.75, 3.05) is 31.7 Å². The van der Waals surface area contributed by atoms with Crippen LogP contribution in [0.25, 0.3) is 16.6 Å². The maximum atomic E-state index is 11.3. The summed E-state index contributed by atoms with van der Waals surface area (Å²) in [4.78, 5) is 6.91. The monoisotopic (exact) mass is 527 g/mol. The SMILES string of the molecule is COc1ccccc1CC1(O)CCN(c2ccc(-c3cc(OCC(C)(C)O)cn4ncc(C#N)c34)cn2)CC1. The van der Waals surface area contributed by atoms with Crippen molar-refractivity contribution in [1.29, 1.82) is 5.26 Å². The molecule has 0 radical (unpaired) electrons. The number of nitrogens with zero attached hydrogens (tertiary/aromatic N) is 5. The van der Waals surface area contributed by atoms with Gasteiger partial charge in [0.05, 0.1) is 41.8 Å². The Morgan fingerprint density at radius 3 is 2.56 bits per heavy atom. The molecule has 0 saturated carbocycles. The Bertz CT molecular complexity index is 1490. The topological polar surface area (TPSA) is 116 Å². The Kier molecular flexibility index (Phi) is 7.17. The first kappa shape index (κ1) is 26.5. The normalized spacial score (nSPS) is 15.2. The minimum Gasteiger partial charge on any atom is -0.496 e. The number of benzene rings is 1. The molecule has 1 aliphatic heterocycles. The van der Waals surface area contributed by atoms with Crippen LogP contribution in [0.1, 0.15) is 37.8 Å². The molecule has 1 saturated heterocycles. The summed E-state index contributed by atoms with van der Waals surface area (Å²) in [6, 6.07) is 15.8. The largest absolute Gasteiger partial charge is 0.496 e. The quantitative estimate of drug-likeness (QED) is 0.353. The van der Waals surface area contributed by atoms with Crippen molar-refractivity contribution < 1.29 is 19.7 Å². The zero-order chi connectivity index (χ0) is 27.6. The van der Waals surface area contributed by atoms with Crippen LogP contribution in [0.15, 0.2) is 61.1 Å². The average Bonchev–Trinajstić information content (AvgIpc) is 3.35. The van der Waals surface area contributed by atoms with Crippen molar-refractivity contribution in [1.82, 2.24) is 14.6 Å². The van der Waals surface area contributed by atoms with E-state index in [1.54, 1.807) is 37.9 Å². The third-order valence-corrected chi connectivity index (χ3v) is 7.09. The fourth-order valence-electron chi connectivity index (χ4n) is 5.00. The number of methoxy groups -OCH3 is 1. The van der Waals surface area contributed by atoms with E-state index < -0.39 is 11.2 Å². The number of hydrogen-bond acceptors (Lipinski definition) is 8. The van der Waals surface area contributed by atoms with Crippen LogP contribution in [0.3, 0.4) is 0 Å². The zero-order valence-electron chi connectivity index (χ0n) is 22.5. The third kappa shape index (κ3) is 5.82. The number of nitriles is 1. The number of fused-ring (bicyclic) bond motifs is 1. The highest BCUT2D eigenvalue weighted by molar-refractivity contribution is 5.85. The van der Waals surface area contributed by atoms with E-state index >= 15 is 0 Å². The lowest BCUT2D eigenvalue weighted by molar-refractivity contribution is 0.0159. The summed E-state index contributed by atoms with van der Waals surface area (Å²) >= 11 is 0. The highest BCUT2D eigenvalue weighted by Gasteiger charge is 2.33. The Morgan fingerprint density at radius 1 is 1.13 bits per heavy atom. The molecule has 0 spiro atoms. The smallest absolute Gasteiger partial charge is 0.138 e. The molecule has 1 fully saturated rings. The van der Waals surface area contributed by atoms with Crippen LogP contribution in [0.5, 0.6) is 11.5 Å². The number of anilines is 1. The van der Waals surface area contributed by atoms with Crippen molar-refractivity contribution in [2.24, 2.45) is 0 Å². The van der Waals surface area contributed by atoms with Gasteiger partial charge in [0.1, 0.15) is 30.0 Å². The molecule has 5 rings (SSSR count). The minimum atomic E-state index is -0.992. The highest BCUT2D eigenvalue weighted by Crippen LogP contribution is 2.34. The molecule has 4 aromatic rings. The van der Waals surface area contributed by atoms with Crippen LogP contribution < -0.4 is 14.4 Å². The lowest BCUT2D eigenvalue weighted by atomic mass is 9.85. The van der Waals surface area contributed by atoms with Gasteiger partial charge in [-0.15, -0.1) is 0 Å². The van der Waals surface area contributed by atoms with E-state index in [2.05, 4.69) is 16.1 Å². The molecule has 0 atom stereocenters. The summed E-state index contributed by atoms with van der Waals surface area (Å²) in [6.07, 6.45) is 6.81. The Hall–Kier alpha value is -4.13. The molecule has 9 nitrogen and oxygen atoms in total. The maximum absolute atomic E-state index is 11.3. The Morgan fingerprint density at radius 2 is 1.90 bits per heavy atom. The number of aliphatic hydroxyl groups is 2. The molecule has 202 valence electrons. The van der Waals surface area contributed by atoms with Crippen LogP contribution >= 0.6 is 0 Å². The second-order valence-corrected chi connectivity index (χ2v) is 10.8. The standard InChI is InChI=1S/C30H33N5O4/c1-29(2,36)20-39-24-14-25(28-23(16-31)18-33-35(28)19-24)22-8-9-27(32-17-22)34-12-10-30(37,11-13-34)15-21-6-4-5-7-26(21)38-3/h4-9,14,17-19,36-37H,10-13,15,20H2,1-3H3. The van der Waals surface area contributed by atoms with Gasteiger partial charge in [-0.05, 0) is 56.5 Å². The van der Waals surface area contributed by atoms with E-state index in [4.69, 9.17) is 14.5 Å². The molecule has 2 N–H and O–H groups in total. The van der Waals surface area contributed by atoms with E-state index in [0.717, 1.165) is 28.3 Å². The van der Waals surface area contributed by atoms with E-state index in [1.165, 1.54) is 6.20 Å². The molecule has 39 heavy (non-hydrogen) atoms. The predicted molar refractivity (Wildman–Crippen MR) is 148 cm³/mol. The Balaban J connectivity index is 1.34. The number of rotatable bonds is 8. The first-order valence-electron chi connectivity index (χ1n) is 13.0. The fourth-order valence-corrected chi connectivity index (χ4v) is 5.00. The van der Waals surface area contributed by atoms with E-state index in [-0.39, 0.29) is 6.61 Å². The zero-order valence-corrected chi connectivity index (χ0v) is 22.5. The summed E-state index contributed by atoms with van der Waals surface area (Å²) < 4.78 is 12.9. The van der Waals surface area contributed by atoms with Crippen LogP contribution in [0.4, 0.5) is 5.82 Å². The van der Waals surface area contributed by atoms with Gasteiger partial charge in [0.2, 0.25) is 0 Å². The number of ether oxygens (including phenoxy) is 2. The van der Waals surface area contributed by atoms with Crippen LogP contribution in [-0.4, -0.2) is 62.8 Å². The first-order valence-corrected chi connectivity index (χ1v) is 13.0. The molecule has 4 heterocycles. The number of piperidine rings is 1. The Labute approximate surface area is 227 Å². The maximum Gasteiger partial charge on any atom is 0.138 e. The number of hydrogen-bond donors (Lipinski definition) is 2. The first-order chi connectivity index (χ1) is 18.7. The molecule has 9 heteroatoms. The minimum absolute atomic E-state index is 0.111. The summed E-state index contributed by atoms with van der Waals surface area (Å²) in [5.41, 5.74) is 1.93. The van der Waals surface area contributed by atoms with Crippen LogP contribution in [-0.2, 0) is 6.42 Å². The van der Waals surface area contributed by atoms with Gasteiger partial charge in [-0.2, -0.15) is 10.4 Å². The van der Waals surface area contributed by atoms with Crippen molar-refractivity contribution in [3.05, 3.63) is 72.2 Å². The molecular formula is C30H33N5O4. The van der Waals surface area contributed by atoms with Gasteiger partial charge in [-0.3, -0.25) is 0 Å². The van der Waals surface area contributed by atoms with Crippen molar-refractivity contribution in [2.45, 2.75) is 44.3 Å². The van der Waals surface area contributed by atoms with Gasteiger partial charge in [0.15, 0.2) is 0 Å². The molecular weight excluding hydrogens is 494 g/mol. The number of pyridine rings is 2. The lowest BCUT2D eigenvalue weighted by Gasteiger charge is -2.39. The van der Waals surface area contributed by atoms with Gasteiger partial charge >= 0.3 is 0 Å². The molecule has 1 aliphatic rings. The van der Waals surface area contributed by atoms with Crippen molar-refractivity contribution in [3.63, 3.8) is 0 Å². The van der Waals surface area contributed by atoms with Gasteiger partial charge in [-0.1, -0.05) is 18.2 Å². The number of para-hydroxylation sites is 1. The second-order valence-electron chi connectivity index (χ2n) is 10.8. The van der Waals surface area contributed by atoms with Gasteiger partial charge < -0.3 is 24.6 Å². The second kappa shape index (κ2) is 10.6. The van der Waals surface area contributed by atoms with Crippen molar-refractivity contribution in [3.8, 4) is 28.7 Å². The fraction of sp³-hybridized carbons (Fsp3) is 0.367. The van der Waals surface area contributed by atoms with Gasteiger partial charge in [-0.25, -0.2) is 9.50 Å². The third-order valence-electron chi connectivity index (χ3n) is 7.09. The molecule has 1 aromatic carbocycles. The average molecular weight is 528 g/mol. The molecule has 0 aliphatic carbocycles. The number of aromatic nitrogens is 3. The van der Waals surface area contributed by atoms with E-state index in [1.807, 2.05) is 42.5 Å². The highest BCUT2D eigenvalue weighted by atomic mass is 16.5. The molecule has 0 unspecified atom stereocenters. The lowest BCUT2D eigenvalue weighted by Crippen LogP contribution is -2.46. The summed E-state index contributed by atoms with van der Waals surface area (Å²) in [6.45, 7) is 4.83. The predicted octanol–water partition coefficient (Wildman–Crippen LogP) is 4.00. The van der Waals surface area contributed by atoms with E-state index in [9.17, 15) is 15.5 Å². The van der Waals surface area contributed by atoms with Gasteiger partial charge in [0.25, 0.3) is 0 Å². The molecule has 0 bridgehead atoms. The van der Waals surface area contributed by atoms with Crippen LogP contribution in [0, 0.1) is 11.3 Å². The summed E-state index contributed by atoms with van der Waals surface area (Å²) in [5, 5.41) is 35.3. The molecule has 3 aromatic heterocycles.